The quantitative estimate of drug-likeness (QED) is 0.469. The van der Waals surface area contributed by atoms with Crippen molar-refractivity contribution in [2.24, 2.45) is 5.84 Å². The Hall–Kier alpha value is -1.89. The summed E-state index contributed by atoms with van der Waals surface area (Å²) in [6.45, 7) is 0. The average Bonchev–Trinajstić information content (AvgIpc) is 2.81. The van der Waals surface area contributed by atoms with Crippen molar-refractivity contribution >= 4 is 11.5 Å². The van der Waals surface area contributed by atoms with E-state index in [-0.39, 0.29) is 23.5 Å². The number of nitro groups is 1. The summed E-state index contributed by atoms with van der Waals surface area (Å²) < 4.78 is 5.60. The molecule has 7 heteroatoms. The van der Waals surface area contributed by atoms with Crippen molar-refractivity contribution in [2.75, 3.05) is 5.43 Å². The largest absolute Gasteiger partial charge is 0.474 e. The summed E-state index contributed by atoms with van der Waals surface area (Å²) in [5.74, 6) is 5.68. The third-order valence-corrected chi connectivity index (χ3v) is 2.73. The fourth-order valence-corrected chi connectivity index (χ4v) is 1.91. The standard InChI is InChI=1S/C10H14N4O3/c11-13-9-5-7(14(15)16)6-10(12-9)17-8-3-1-2-4-8/h5-6,8H,1-4,11H2,(H,12,13). The molecule has 0 bridgehead atoms. The lowest BCUT2D eigenvalue weighted by molar-refractivity contribution is -0.384. The van der Waals surface area contributed by atoms with Crippen molar-refractivity contribution in [1.82, 2.24) is 4.98 Å². The van der Waals surface area contributed by atoms with Crippen LogP contribution in [-0.4, -0.2) is 16.0 Å². The highest BCUT2D eigenvalue weighted by atomic mass is 16.6. The molecule has 1 aromatic rings. The van der Waals surface area contributed by atoms with Crippen molar-refractivity contribution in [3.05, 3.63) is 22.2 Å². The van der Waals surface area contributed by atoms with Gasteiger partial charge in [-0.2, -0.15) is 4.98 Å². The number of pyridine rings is 1. The highest BCUT2D eigenvalue weighted by molar-refractivity contribution is 5.47. The maximum absolute atomic E-state index is 10.7. The molecule has 0 saturated heterocycles. The Labute approximate surface area is 98.1 Å². The van der Waals surface area contributed by atoms with Gasteiger partial charge in [0.05, 0.1) is 17.1 Å². The fraction of sp³-hybridized carbons (Fsp3) is 0.500. The van der Waals surface area contributed by atoms with E-state index in [1.54, 1.807) is 0 Å². The minimum absolute atomic E-state index is 0.0825. The highest BCUT2D eigenvalue weighted by Gasteiger charge is 2.19. The van der Waals surface area contributed by atoms with Gasteiger partial charge in [0, 0.05) is 0 Å². The van der Waals surface area contributed by atoms with E-state index in [1.807, 2.05) is 0 Å². The normalized spacial score (nSPS) is 15.8. The number of rotatable bonds is 4. The minimum atomic E-state index is -0.496. The Balaban J connectivity index is 2.19. The average molecular weight is 238 g/mol. The van der Waals surface area contributed by atoms with Crippen molar-refractivity contribution in [2.45, 2.75) is 31.8 Å². The number of nitrogens with two attached hydrogens (primary N) is 1. The highest BCUT2D eigenvalue weighted by Crippen LogP contribution is 2.26. The molecule has 3 N–H and O–H groups in total. The molecule has 0 radical (unpaired) electrons. The molecule has 1 fully saturated rings. The summed E-state index contributed by atoms with van der Waals surface area (Å²) in [6, 6.07) is 2.58. The maximum atomic E-state index is 10.7. The van der Waals surface area contributed by atoms with E-state index < -0.39 is 4.92 Å². The third-order valence-electron chi connectivity index (χ3n) is 2.73. The molecule has 0 spiro atoms. The van der Waals surface area contributed by atoms with E-state index in [4.69, 9.17) is 10.6 Å². The predicted molar refractivity (Wildman–Crippen MR) is 61.6 cm³/mol. The number of hydrogen-bond donors (Lipinski definition) is 2. The van der Waals surface area contributed by atoms with Gasteiger partial charge in [-0.3, -0.25) is 10.1 Å². The predicted octanol–water partition coefficient (Wildman–Crippen LogP) is 1.60. The van der Waals surface area contributed by atoms with Crippen LogP contribution in [0, 0.1) is 10.1 Å². The smallest absolute Gasteiger partial charge is 0.278 e. The van der Waals surface area contributed by atoms with Crippen LogP contribution in [0.15, 0.2) is 12.1 Å². The molecule has 17 heavy (non-hydrogen) atoms. The minimum Gasteiger partial charge on any atom is -0.474 e. The molecule has 0 unspecified atom stereocenters. The number of hydrogen-bond acceptors (Lipinski definition) is 6. The van der Waals surface area contributed by atoms with Crippen LogP contribution in [0.2, 0.25) is 0 Å². The lowest BCUT2D eigenvalue weighted by atomic mass is 10.3. The van der Waals surface area contributed by atoms with Gasteiger partial charge >= 0.3 is 0 Å². The van der Waals surface area contributed by atoms with Crippen LogP contribution in [0.25, 0.3) is 0 Å². The zero-order valence-corrected chi connectivity index (χ0v) is 9.26. The second-order valence-electron chi connectivity index (χ2n) is 3.97. The van der Waals surface area contributed by atoms with Gasteiger partial charge in [-0.05, 0) is 25.7 Å². The van der Waals surface area contributed by atoms with Gasteiger partial charge in [-0.1, -0.05) is 0 Å². The maximum Gasteiger partial charge on any atom is 0.278 e. The zero-order valence-electron chi connectivity index (χ0n) is 9.26. The topological polar surface area (TPSA) is 103 Å². The van der Waals surface area contributed by atoms with Crippen LogP contribution >= 0.6 is 0 Å². The molecule has 92 valence electrons. The van der Waals surface area contributed by atoms with E-state index in [9.17, 15) is 10.1 Å². The van der Waals surface area contributed by atoms with Gasteiger partial charge in [0.25, 0.3) is 5.69 Å². The monoisotopic (exact) mass is 238 g/mol. The Bertz CT molecular complexity index is 418. The molecule has 7 nitrogen and oxygen atoms in total. The summed E-state index contributed by atoms with van der Waals surface area (Å²) in [6.07, 6.45) is 4.30. The van der Waals surface area contributed by atoms with E-state index in [1.165, 1.54) is 12.1 Å². The molecular weight excluding hydrogens is 224 g/mol. The Morgan fingerprint density at radius 1 is 1.47 bits per heavy atom. The van der Waals surface area contributed by atoms with Crippen LogP contribution in [0.1, 0.15) is 25.7 Å². The van der Waals surface area contributed by atoms with E-state index in [0.717, 1.165) is 25.7 Å². The molecular formula is C10H14N4O3. The molecule has 0 aromatic carbocycles. The van der Waals surface area contributed by atoms with Gasteiger partial charge in [-0.15, -0.1) is 0 Å². The molecule has 1 aromatic heterocycles. The van der Waals surface area contributed by atoms with Crippen LogP contribution in [0.5, 0.6) is 5.88 Å². The molecule has 0 amide bonds. The first-order chi connectivity index (χ1) is 8.19. The SMILES string of the molecule is NNc1cc([N+](=O)[O-])cc(OC2CCCC2)n1. The molecule has 1 heterocycles. The van der Waals surface area contributed by atoms with Crippen LogP contribution in [-0.2, 0) is 0 Å². The van der Waals surface area contributed by atoms with Gasteiger partial charge in [0.1, 0.15) is 6.10 Å². The van der Waals surface area contributed by atoms with Crippen molar-refractivity contribution in [3.8, 4) is 5.88 Å². The zero-order chi connectivity index (χ0) is 12.3. The second kappa shape index (κ2) is 4.96. The van der Waals surface area contributed by atoms with Crippen molar-refractivity contribution in [3.63, 3.8) is 0 Å². The molecule has 2 rings (SSSR count). The summed E-state index contributed by atoms with van der Waals surface area (Å²) in [4.78, 5) is 14.3. The first-order valence-corrected chi connectivity index (χ1v) is 5.49. The number of nitrogen functional groups attached to an aromatic ring is 1. The van der Waals surface area contributed by atoms with Gasteiger partial charge in [-0.25, -0.2) is 5.84 Å². The number of hydrazine groups is 1. The molecule has 1 saturated carbocycles. The molecule has 0 atom stereocenters. The van der Waals surface area contributed by atoms with Gasteiger partial charge in [0.15, 0.2) is 5.82 Å². The molecule has 1 aliphatic carbocycles. The van der Waals surface area contributed by atoms with Gasteiger partial charge < -0.3 is 10.2 Å². The van der Waals surface area contributed by atoms with Crippen molar-refractivity contribution < 1.29 is 9.66 Å². The van der Waals surface area contributed by atoms with Crippen LogP contribution in [0.3, 0.4) is 0 Å². The van der Waals surface area contributed by atoms with E-state index in [0.29, 0.717) is 0 Å². The summed E-state index contributed by atoms with van der Waals surface area (Å²) in [5.41, 5.74) is 2.21. The Kier molecular flexibility index (Phi) is 3.38. The Morgan fingerprint density at radius 3 is 2.76 bits per heavy atom. The van der Waals surface area contributed by atoms with Crippen LogP contribution in [0.4, 0.5) is 11.5 Å². The lowest BCUT2D eigenvalue weighted by Gasteiger charge is -2.12. The Morgan fingerprint density at radius 2 is 2.18 bits per heavy atom. The number of anilines is 1. The van der Waals surface area contributed by atoms with Gasteiger partial charge in [0.2, 0.25) is 5.88 Å². The molecule has 0 aliphatic heterocycles. The summed E-state index contributed by atoms with van der Waals surface area (Å²) >= 11 is 0. The number of nitrogens with one attached hydrogen (secondary N) is 1. The van der Waals surface area contributed by atoms with Crippen LogP contribution < -0.4 is 16.0 Å². The van der Waals surface area contributed by atoms with E-state index in [2.05, 4.69) is 10.4 Å². The lowest BCUT2D eigenvalue weighted by Crippen LogP contribution is -2.14. The molecule has 1 aliphatic rings. The number of ether oxygens (including phenoxy) is 1. The number of nitrogens with zero attached hydrogens (tertiary/aromatic N) is 2. The summed E-state index contributed by atoms with van der Waals surface area (Å²) in [7, 11) is 0. The third kappa shape index (κ3) is 2.82. The van der Waals surface area contributed by atoms with E-state index >= 15 is 0 Å². The summed E-state index contributed by atoms with van der Waals surface area (Å²) in [5, 5.41) is 10.7. The second-order valence-corrected chi connectivity index (χ2v) is 3.97. The number of aromatic nitrogens is 1. The van der Waals surface area contributed by atoms with Crippen molar-refractivity contribution in [1.29, 1.82) is 0 Å². The first kappa shape index (κ1) is 11.6. The fourth-order valence-electron chi connectivity index (χ4n) is 1.91. The first-order valence-electron chi connectivity index (χ1n) is 5.49.